The number of nitrogens with zero attached hydrogens (tertiary/aromatic N) is 4. The van der Waals surface area contributed by atoms with Gasteiger partial charge in [0.05, 0.1) is 10.3 Å². The molecule has 1 aromatic carbocycles. The Hall–Kier alpha value is -2.47. The lowest BCUT2D eigenvalue weighted by molar-refractivity contribution is -0.126. The van der Waals surface area contributed by atoms with E-state index in [9.17, 15) is 18.0 Å². The lowest BCUT2D eigenvalue weighted by atomic mass is 10.2. The molecule has 11 heteroatoms. The number of hydrogen-bond acceptors (Lipinski definition) is 7. The Labute approximate surface area is 198 Å². The summed E-state index contributed by atoms with van der Waals surface area (Å²) in [6.45, 7) is 5.50. The predicted octanol–water partition coefficient (Wildman–Crippen LogP) is 1.62. The van der Waals surface area contributed by atoms with E-state index in [1.807, 2.05) is 18.2 Å². The van der Waals surface area contributed by atoms with Crippen LogP contribution in [0, 0.1) is 0 Å². The van der Waals surface area contributed by atoms with Gasteiger partial charge in [-0.05, 0) is 24.6 Å². The van der Waals surface area contributed by atoms with Crippen molar-refractivity contribution in [1.82, 2.24) is 24.4 Å². The van der Waals surface area contributed by atoms with Gasteiger partial charge in [-0.3, -0.25) is 14.6 Å². The van der Waals surface area contributed by atoms with Crippen molar-refractivity contribution >= 4 is 33.7 Å². The van der Waals surface area contributed by atoms with Gasteiger partial charge in [0.15, 0.2) is 0 Å². The van der Waals surface area contributed by atoms with E-state index >= 15 is 0 Å². The second-order valence-electron chi connectivity index (χ2n) is 7.98. The number of rotatable bonds is 7. The van der Waals surface area contributed by atoms with E-state index in [0.29, 0.717) is 44.3 Å². The summed E-state index contributed by atoms with van der Waals surface area (Å²) in [5, 5.41) is 2.62. The van der Waals surface area contributed by atoms with Gasteiger partial charge < -0.3 is 5.32 Å². The zero-order valence-electron chi connectivity index (χ0n) is 18.4. The predicted molar refractivity (Wildman–Crippen MR) is 125 cm³/mol. The second-order valence-corrected chi connectivity index (χ2v) is 11.3. The van der Waals surface area contributed by atoms with Crippen molar-refractivity contribution in [3.63, 3.8) is 0 Å². The van der Waals surface area contributed by atoms with E-state index in [-0.39, 0.29) is 16.8 Å². The van der Waals surface area contributed by atoms with Crippen LogP contribution in [0.4, 0.5) is 4.79 Å². The molecule has 2 aliphatic heterocycles. The summed E-state index contributed by atoms with van der Waals surface area (Å²) >= 11 is 1.20. The third kappa shape index (κ3) is 5.55. The molecule has 9 nitrogen and oxygen atoms in total. The largest absolute Gasteiger partial charge is 0.336 e. The van der Waals surface area contributed by atoms with Crippen molar-refractivity contribution in [1.29, 1.82) is 0 Å². The maximum absolute atomic E-state index is 13.1. The van der Waals surface area contributed by atoms with Crippen LogP contribution in [-0.2, 0) is 21.4 Å². The number of sulfonamides is 1. The van der Waals surface area contributed by atoms with Crippen LogP contribution >= 0.6 is 11.8 Å². The highest BCUT2D eigenvalue weighted by molar-refractivity contribution is 8.00. The number of carbonyl (C=O) groups is 2. The summed E-state index contributed by atoms with van der Waals surface area (Å²) in [4.78, 5) is 32.0. The van der Waals surface area contributed by atoms with Crippen molar-refractivity contribution < 1.29 is 18.0 Å². The summed E-state index contributed by atoms with van der Waals surface area (Å²) in [7, 11) is -3.63. The van der Waals surface area contributed by atoms with Crippen LogP contribution in [0.5, 0.6) is 0 Å². The SMILES string of the molecule is C[C@H](Sc1ccc(S(=O)(=O)N2CCN(Cc3ccccc3)CC2)cn1)C(=O)N1CCNC1=O. The first-order valence-corrected chi connectivity index (χ1v) is 13.1. The average Bonchev–Trinajstić information content (AvgIpc) is 3.25. The lowest BCUT2D eigenvalue weighted by Crippen LogP contribution is -2.48. The van der Waals surface area contributed by atoms with Crippen LogP contribution in [0.25, 0.3) is 0 Å². The average molecular weight is 490 g/mol. The number of thioether (sulfide) groups is 1. The summed E-state index contributed by atoms with van der Waals surface area (Å²) < 4.78 is 27.6. The van der Waals surface area contributed by atoms with Gasteiger partial charge in [0, 0.05) is 52.0 Å². The number of hydrogen-bond donors (Lipinski definition) is 1. The van der Waals surface area contributed by atoms with Gasteiger partial charge in [0.25, 0.3) is 0 Å². The lowest BCUT2D eigenvalue weighted by Gasteiger charge is -2.33. The summed E-state index contributed by atoms with van der Waals surface area (Å²) in [6, 6.07) is 12.9. The fraction of sp³-hybridized carbons (Fsp3) is 0.409. The van der Waals surface area contributed by atoms with Crippen molar-refractivity contribution in [2.24, 2.45) is 0 Å². The maximum atomic E-state index is 13.1. The summed E-state index contributed by atoms with van der Waals surface area (Å²) in [6.07, 6.45) is 1.34. The maximum Gasteiger partial charge on any atom is 0.324 e. The fourth-order valence-corrected chi connectivity index (χ4v) is 6.06. The molecule has 0 radical (unpaired) electrons. The number of amides is 3. The van der Waals surface area contributed by atoms with E-state index in [1.165, 1.54) is 38.8 Å². The third-order valence-electron chi connectivity index (χ3n) is 5.70. The third-order valence-corrected chi connectivity index (χ3v) is 8.62. The first-order valence-electron chi connectivity index (χ1n) is 10.8. The minimum absolute atomic E-state index is 0.140. The molecule has 2 fully saturated rings. The highest BCUT2D eigenvalue weighted by Gasteiger charge is 2.31. The first-order chi connectivity index (χ1) is 15.8. The molecule has 4 rings (SSSR count). The standard InChI is InChI=1S/C22H27N5O4S2/c1-17(21(28)27-10-9-23-22(27)29)32-20-8-7-19(15-24-20)33(30,31)26-13-11-25(12-14-26)16-18-5-3-2-4-6-18/h2-8,15,17H,9-14,16H2,1H3,(H,23,29)/t17-/m0/s1. The first kappa shape index (κ1) is 23.7. The Morgan fingerprint density at radius 1 is 1.09 bits per heavy atom. The molecule has 2 aromatic rings. The number of piperazine rings is 1. The van der Waals surface area contributed by atoms with E-state index in [4.69, 9.17) is 0 Å². The molecular formula is C22H27N5O4S2. The van der Waals surface area contributed by atoms with E-state index < -0.39 is 15.3 Å². The summed E-state index contributed by atoms with van der Waals surface area (Å²) in [5.74, 6) is -0.290. The monoisotopic (exact) mass is 489 g/mol. The van der Waals surface area contributed by atoms with Gasteiger partial charge >= 0.3 is 6.03 Å². The number of nitrogens with one attached hydrogen (secondary N) is 1. The van der Waals surface area contributed by atoms with Crippen molar-refractivity contribution in [3.8, 4) is 0 Å². The molecule has 1 aromatic heterocycles. The fourth-order valence-electron chi connectivity index (χ4n) is 3.84. The zero-order valence-corrected chi connectivity index (χ0v) is 20.0. The molecule has 0 bridgehead atoms. The number of urea groups is 1. The topological polar surface area (TPSA) is 103 Å². The van der Waals surface area contributed by atoms with Gasteiger partial charge in [-0.15, -0.1) is 0 Å². The molecule has 1 N–H and O–H groups in total. The van der Waals surface area contributed by atoms with Crippen LogP contribution < -0.4 is 5.32 Å². The van der Waals surface area contributed by atoms with Crippen LogP contribution in [0.1, 0.15) is 12.5 Å². The number of benzene rings is 1. The molecule has 1 atom stereocenters. The molecular weight excluding hydrogens is 462 g/mol. The van der Waals surface area contributed by atoms with Crippen molar-refractivity contribution in [2.45, 2.75) is 28.6 Å². The van der Waals surface area contributed by atoms with Gasteiger partial charge in [-0.2, -0.15) is 4.31 Å². The van der Waals surface area contributed by atoms with Gasteiger partial charge in [0.1, 0.15) is 4.90 Å². The number of imide groups is 1. The van der Waals surface area contributed by atoms with Gasteiger partial charge in [-0.25, -0.2) is 18.2 Å². The van der Waals surface area contributed by atoms with Crippen molar-refractivity contribution in [2.75, 3.05) is 39.3 Å². The number of carbonyl (C=O) groups excluding carboxylic acids is 2. The Kier molecular flexibility index (Phi) is 7.32. The Bertz CT molecular complexity index is 1090. The highest BCUT2D eigenvalue weighted by Crippen LogP contribution is 2.25. The smallest absolute Gasteiger partial charge is 0.324 e. The van der Waals surface area contributed by atoms with Gasteiger partial charge in [0.2, 0.25) is 15.9 Å². The van der Waals surface area contributed by atoms with E-state index in [2.05, 4.69) is 27.3 Å². The van der Waals surface area contributed by atoms with Crippen molar-refractivity contribution in [3.05, 3.63) is 54.2 Å². The molecule has 0 spiro atoms. The molecule has 0 aliphatic carbocycles. The van der Waals surface area contributed by atoms with Crippen LogP contribution in [-0.4, -0.2) is 84.0 Å². The number of pyridine rings is 1. The van der Waals surface area contributed by atoms with Crippen LogP contribution in [0.15, 0.2) is 58.6 Å². The van der Waals surface area contributed by atoms with E-state index in [0.717, 1.165) is 6.54 Å². The normalized spacial score (nSPS) is 18.8. The minimum Gasteiger partial charge on any atom is -0.336 e. The second kappa shape index (κ2) is 10.2. The van der Waals surface area contributed by atoms with Crippen LogP contribution in [0.2, 0.25) is 0 Å². The Morgan fingerprint density at radius 2 is 1.82 bits per heavy atom. The molecule has 176 valence electrons. The molecule has 0 unspecified atom stereocenters. The van der Waals surface area contributed by atoms with E-state index in [1.54, 1.807) is 13.0 Å². The molecule has 33 heavy (non-hydrogen) atoms. The molecule has 2 saturated heterocycles. The molecule has 3 heterocycles. The molecule has 0 saturated carbocycles. The summed E-state index contributed by atoms with van der Waals surface area (Å²) in [5.41, 5.74) is 1.21. The Morgan fingerprint density at radius 3 is 2.42 bits per heavy atom. The zero-order chi connectivity index (χ0) is 23.4. The molecule has 3 amide bonds. The minimum atomic E-state index is -3.63. The Balaban J connectivity index is 1.33. The molecule has 2 aliphatic rings. The highest BCUT2D eigenvalue weighted by atomic mass is 32.2. The van der Waals surface area contributed by atoms with Gasteiger partial charge in [-0.1, -0.05) is 42.1 Å². The quantitative estimate of drug-likeness (QED) is 0.590. The number of aromatic nitrogens is 1. The van der Waals surface area contributed by atoms with Crippen LogP contribution in [0.3, 0.4) is 0 Å².